The van der Waals surface area contributed by atoms with Crippen molar-refractivity contribution in [3.8, 4) is 0 Å². The second-order valence-electron chi connectivity index (χ2n) is 5.18. The van der Waals surface area contributed by atoms with Crippen molar-refractivity contribution >= 4 is 41.3 Å². The van der Waals surface area contributed by atoms with Gasteiger partial charge < -0.3 is 15.4 Å². The van der Waals surface area contributed by atoms with Gasteiger partial charge in [-0.05, 0) is 44.5 Å². The number of thiophene rings is 1. The van der Waals surface area contributed by atoms with Crippen molar-refractivity contribution in [3.63, 3.8) is 0 Å². The quantitative estimate of drug-likeness (QED) is 0.826. The van der Waals surface area contributed by atoms with Gasteiger partial charge in [0.1, 0.15) is 0 Å². The lowest BCUT2D eigenvalue weighted by molar-refractivity contribution is -0.136. The molecule has 0 unspecified atom stereocenters. The summed E-state index contributed by atoms with van der Waals surface area (Å²) in [7, 11) is 1.66. The Kier molecular flexibility index (Phi) is 7.98. The summed E-state index contributed by atoms with van der Waals surface area (Å²) in [5.74, 6) is 0.114. The van der Waals surface area contributed by atoms with Gasteiger partial charge in [-0.1, -0.05) is 11.6 Å². The van der Waals surface area contributed by atoms with Crippen LogP contribution in [0.1, 0.15) is 17.7 Å². The topological polar surface area (TPSA) is 50.4 Å². The molecule has 0 aromatic carbocycles. The first-order valence-corrected chi connectivity index (χ1v) is 8.08. The van der Waals surface area contributed by atoms with Crippen LogP contribution in [0.3, 0.4) is 0 Å². The molecule has 0 spiro atoms. The van der Waals surface area contributed by atoms with Crippen molar-refractivity contribution in [1.82, 2.24) is 10.6 Å². The molecule has 1 aromatic heterocycles. The fraction of sp³-hybridized carbons (Fsp3) is 0.643. The predicted molar refractivity (Wildman–Crippen MR) is 89.7 cm³/mol. The predicted octanol–water partition coefficient (Wildman–Crippen LogP) is 2.50. The normalized spacial score (nSPS) is 17.0. The number of rotatable bonds is 6. The minimum absolute atomic E-state index is 0. The Morgan fingerprint density at radius 2 is 2.19 bits per heavy atom. The van der Waals surface area contributed by atoms with E-state index in [1.54, 1.807) is 18.4 Å². The Morgan fingerprint density at radius 3 is 2.76 bits per heavy atom. The Labute approximate surface area is 141 Å². The van der Waals surface area contributed by atoms with Gasteiger partial charge in [-0.2, -0.15) is 0 Å². The monoisotopic (exact) mass is 352 g/mol. The van der Waals surface area contributed by atoms with Crippen molar-refractivity contribution in [1.29, 1.82) is 0 Å². The lowest BCUT2D eigenvalue weighted by atomic mass is 9.78. The van der Waals surface area contributed by atoms with E-state index in [2.05, 4.69) is 10.6 Å². The molecule has 21 heavy (non-hydrogen) atoms. The highest BCUT2D eigenvalue weighted by molar-refractivity contribution is 7.16. The molecule has 1 aliphatic rings. The third-order valence-electron chi connectivity index (χ3n) is 3.75. The molecule has 2 rings (SSSR count). The van der Waals surface area contributed by atoms with Crippen molar-refractivity contribution in [3.05, 3.63) is 21.3 Å². The van der Waals surface area contributed by atoms with Crippen LogP contribution in [-0.4, -0.2) is 39.3 Å². The average Bonchev–Trinajstić information content (AvgIpc) is 2.86. The summed E-state index contributed by atoms with van der Waals surface area (Å²) in [5, 5.41) is 6.34. The van der Waals surface area contributed by atoms with Gasteiger partial charge in [0.25, 0.3) is 0 Å². The van der Waals surface area contributed by atoms with E-state index in [1.807, 2.05) is 12.1 Å². The van der Waals surface area contributed by atoms with Crippen molar-refractivity contribution in [2.45, 2.75) is 19.3 Å². The molecule has 0 aliphatic carbocycles. The Hall–Kier alpha value is -0.330. The molecule has 0 saturated carbocycles. The maximum Gasteiger partial charge on any atom is 0.228 e. The number of nitrogens with one attached hydrogen (secondary N) is 2. The summed E-state index contributed by atoms with van der Waals surface area (Å²) < 4.78 is 6.06. The SMILES string of the molecule is COCC1(C(=O)NCCc2ccc(Cl)s2)CCNCC1.Cl. The van der Waals surface area contributed by atoms with Gasteiger partial charge in [-0.25, -0.2) is 0 Å². The smallest absolute Gasteiger partial charge is 0.228 e. The second kappa shape index (κ2) is 8.96. The number of carbonyl (C=O) groups is 1. The number of methoxy groups -OCH3 is 1. The van der Waals surface area contributed by atoms with E-state index in [-0.39, 0.29) is 23.7 Å². The van der Waals surface area contributed by atoms with E-state index in [9.17, 15) is 4.79 Å². The Balaban J connectivity index is 0.00000220. The molecular formula is C14H22Cl2N2O2S. The van der Waals surface area contributed by atoms with Crippen LogP contribution in [0.25, 0.3) is 0 Å². The number of hydrogen-bond acceptors (Lipinski definition) is 4. The fourth-order valence-electron chi connectivity index (χ4n) is 2.59. The van der Waals surface area contributed by atoms with E-state index in [0.29, 0.717) is 13.2 Å². The lowest BCUT2D eigenvalue weighted by Crippen LogP contribution is -2.50. The van der Waals surface area contributed by atoms with E-state index in [0.717, 1.165) is 36.7 Å². The number of amides is 1. The molecular weight excluding hydrogens is 331 g/mol. The third kappa shape index (κ3) is 5.11. The lowest BCUT2D eigenvalue weighted by Gasteiger charge is -2.35. The maximum absolute atomic E-state index is 12.5. The first kappa shape index (κ1) is 18.7. The summed E-state index contributed by atoms with van der Waals surface area (Å²) in [4.78, 5) is 13.7. The van der Waals surface area contributed by atoms with Crippen LogP contribution in [0.4, 0.5) is 0 Å². The van der Waals surface area contributed by atoms with Crippen LogP contribution in [0.15, 0.2) is 12.1 Å². The highest BCUT2D eigenvalue weighted by atomic mass is 35.5. The fourth-order valence-corrected chi connectivity index (χ4v) is 3.68. The second-order valence-corrected chi connectivity index (χ2v) is 6.97. The number of piperidine rings is 1. The highest BCUT2D eigenvalue weighted by Crippen LogP contribution is 2.29. The molecule has 0 bridgehead atoms. The molecule has 1 saturated heterocycles. The first-order chi connectivity index (χ1) is 9.66. The minimum atomic E-state index is -0.368. The average molecular weight is 353 g/mol. The summed E-state index contributed by atoms with van der Waals surface area (Å²) in [6.07, 6.45) is 2.49. The van der Waals surface area contributed by atoms with Gasteiger partial charge in [-0.3, -0.25) is 4.79 Å². The molecule has 1 aliphatic heterocycles. The number of carbonyl (C=O) groups excluding carboxylic acids is 1. The molecule has 1 amide bonds. The zero-order chi connectivity index (χ0) is 14.4. The third-order valence-corrected chi connectivity index (χ3v) is 5.04. The summed E-state index contributed by atoms with van der Waals surface area (Å²) in [5.41, 5.74) is -0.368. The Morgan fingerprint density at radius 1 is 1.48 bits per heavy atom. The van der Waals surface area contributed by atoms with E-state index in [4.69, 9.17) is 16.3 Å². The molecule has 0 radical (unpaired) electrons. The molecule has 4 nitrogen and oxygen atoms in total. The van der Waals surface area contributed by atoms with Gasteiger partial charge in [0.05, 0.1) is 16.4 Å². The standard InChI is InChI=1S/C14H21ClN2O2S.ClH/c1-19-10-14(5-8-16-9-6-14)13(18)17-7-4-11-2-3-12(15)20-11;/h2-3,16H,4-10H2,1H3,(H,17,18);1H. The van der Waals surface area contributed by atoms with E-state index < -0.39 is 0 Å². The van der Waals surface area contributed by atoms with Crippen LogP contribution in [0, 0.1) is 5.41 Å². The summed E-state index contributed by atoms with van der Waals surface area (Å²) in [6.45, 7) is 2.88. The molecule has 1 aromatic rings. The highest BCUT2D eigenvalue weighted by Gasteiger charge is 2.39. The van der Waals surface area contributed by atoms with Crippen LogP contribution < -0.4 is 10.6 Å². The minimum Gasteiger partial charge on any atom is -0.384 e. The number of hydrogen-bond donors (Lipinski definition) is 2. The summed E-state index contributed by atoms with van der Waals surface area (Å²) >= 11 is 7.46. The summed E-state index contributed by atoms with van der Waals surface area (Å²) in [6, 6.07) is 3.90. The van der Waals surface area contributed by atoms with Crippen LogP contribution in [0.2, 0.25) is 4.34 Å². The molecule has 0 atom stereocenters. The Bertz CT molecular complexity index is 442. The van der Waals surface area contributed by atoms with Gasteiger partial charge in [0.15, 0.2) is 0 Å². The maximum atomic E-state index is 12.5. The molecule has 1 fully saturated rings. The molecule has 2 N–H and O–H groups in total. The zero-order valence-electron chi connectivity index (χ0n) is 12.1. The van der Waals surface area contributed by atoms with E-state index in [1.165, 1.54) is 4.88 Å². The van der Waals surface area contributed by atoms with Gasteiger partial charge in [0, 0.05) is 18.5 Å². The van der Waals surface area contributed by atoms with Gasteiger partial charge in [0.2, 0.25) is 5.91 Å². The molecule has 2 heterocycles. The van der Waals surface area contributed by atoms with Crippen LogP contribution in [-0.2, 0) is 16.0 Å². The van der Waals surface area contributed by atoms with Crippen LogP contribution in [0.5, 0.6) is 0 Å². The zero-order valence-corrected chi connectivity index (χ0v) is 14.5. The van der Waals surface area contributed by atoms with Gasteiger partial charge >= 0.3 is 0 Å². The van der Waals surface area contributed by atoms with Crippen molar-refractivity contribution in [2.75, 3.05) is 33.4 Å². The molecule has 7 heteroatoms. The number of halogens is 2. The van der Waals surface area contributed by atoms with Crippen LogP contribution >= 0.6 is 35.3 Å². The first-order valence-electron chi connectivity index (χ1n) is 6.88. The van der Waals surface area contributed by atoms with Crippen molar-refractivity contribution < 1.29 is 9.53 Å². The number of ether oxygens (including phenoxy) is 1. The molecule has 120 valence electrons. The van der Waals surface area contributed by atoms with E-state index >= 15 is 0 Å². The largest absolute Gasteiger partial charge is 0.384 e. The van der Waals surface area contributed by atoms with Gasteiger partial charge in [-0.15, -0.1) is 23.7 Å². The van der Waals surface area contributed by atoms with Crippen molar-refractivity contribution in [2.24, 2.45) is 5.41 Å².